The second kappa shape index (κ2) is 7.12. The van der Waals surface area contributed by atoms with Gasteiger partial charge in [0, 0.05) is 45.7 Å². The molecule has 4 rings (SSSR count). The van der Waals surface area contributed by atoms with Gasteiger partial charge < -0.3 is 19.9 Å². The van der Waals surface area contributed by atoms with E-state index in [4.69, 9.17) is 9.72 Å². The van der Waals surface area contributed by atoms with Gasteiger partial charge in [0.2, 0.25) is 11.9 Å². The molecule has 136 valence electrons. The first-order chi connectivity index (χ1) is 12.7. The van der Waals surface area contributed by atoms with Crippen LogP contribution in [0.3, 0.4) is 0 Å². The maximum atomic E-state index is 5.09. The number of aryl methyl sites for hydroxylation is 1. The monoisotopic (exact) mass is 354 g/mol. The lowest BCUT2D eigenvalue weighted by Crippen LogP contribution is -2.28. The van der Waals surface area contributed by atoms with Crippen molar-refractivity contribution in [2.75, 3.05) is 30.4 Å². The standard InChI is InChI=1S/C17H22N8O/c1-24-17(22-15(23-24)11-26-2)20-12-6-9-25(10-12)16-19-8-5-14(21-16)13-4-3-7-18-13/h3-5,7-8,12,18H,6,9-11H2,1-2H3,(H,20,22,23). The molecule has 0 spiro atoms. The average molecular weight is 354 g/mol. The molecule has 0 aliphatic carbocycles. The number of rotatable bonds is 6. The van der Waals surface area contributed by atoms with Crippen LogP contribution in [0, 0.1) is 0 Å². The minimum atomic E-state index is 0.269. The van der Waals surface area contributed by atoms with Crippen LogP contribution in [0.25, 0.3) is 11.4 Å². The molecule has 3 aromatic heterocycles. The maximum absolute atomic E-state index is 5.09. The highest BCUT2D eigenvalue weighted by molar-refractivity contribution is 5.55. The molecule has 4 heterocycles. The predicted octanol–water partition coefficient (Wildman–Crippen LogP) is 1.44. The van der Waals surface area contributed by atoms with Gasteiger partial charge in [0.25, 0.3) is 0 Å². The van der Waals surface area contributed by atoms with Crippen molar-refractivity contribution >= 4 is 11.9 Å². The lowest BCUT2D eigenvalue weighted by atomic mass is 10.3. The molecule has 0 radical (unpaired) electrons. The Morgan fingerprint density at radius 3 is 3.08 bits per heavy atom. The zero-order valence-electron chi connectivity index (χ0n) is 14.9. The number of H-pyrrole nitrogens is 1. The smallest absolute Gasteiger partial charge is 0.225 e. The molecule has 0 bridgehead atoms. The van der Waals surface area contributed by atoms with Crippen molar-refractivity contribution in [3.05, 3.63) is 36.4 Å². The zero-order valence-corrected chi connectivity index (χ0v) is 14.9. The van der Waals surface area contributed by atoms with E-state index >= 15 is 0 Å². The van der Waals surface area contributed by atoms with Crippen molar-refractivity contribution in [3.63, 3.8) is 0 Å². The van der Waals surface area contributed by atoms with Gasteiger partial charge in [-0.1, -0.05) is 0 Å². The molecule has 2 N–H and O–H groups in total. The van der Waals surface area contributed by atoms with E-state index in [1.165, 1.54) is 0 Å². The highest BCUT2D eigenvalue weighted by Crippen LogP contribution is 2.21. The number of aromatic nitrogens is 6. The molecule has 3 aromatic rings. The number of methoxy groups -OCH3 is 1. The largest absolute Gasteiger partial charge is 0.377 e. The fourth-order valence-corrected chi connectivity index (χ4v) is 3.14. The molecule has 0 aromatic carbocycles. The Kier molecular flexibility index (Phi) is 4.53. The zero-order chi connectivity index (χ0) is 17.9. The van der Waals surface area contributed by atoms with Gasteiger partial charge in [0.05, 0.1) is 11.4 Å². The summed E-state index contributed by atoms with van der Waals surface area (Å²) in [4.78, 5) is 19.0. The molecule has 9 nitrogen and oxygen atoms in total. The molecule has 1 unspecified atom stereocenters. The normalized spacial score (nSPS) is 17.0. The molecule has 0 amide bonds. The minimum absolute atomic E-state index is 0.269. The Morgan fingerprint density at radius 1 is 1.35 bits per heavy atom. The van der Waals surface area contributed by atoms with Crippen molar-refractivity contribution in [2.24, 2.45) is 7.05 Å². The molecule has 26 heavy (non-hydrogen) atoms. The van der Waals surface area contributed by atoms with Gasteiger partial charge in [-0.05, 0) is 24.6 Å². The summed E-state index contributed by atoms with van der Waals surface area (Å²) in [5.74, 6) is 2.18. The molecular weight excluding hydrogens is 332 g/mol. The number of anilines is 2. The van der Waals surface area contributed by atoms with Gasteiger partial charge in [0.15, 0.2) is 5.82 Å². The quantitative estimate of drug-likeness (QED) is 0.691. The van der Waals surface area contributed by atoms with Crippen molar-refractivity contribution in [1.29, 1.82) is 0 Å². The molecular formula is C17H22N8O. The lowest BCUT2D eigenvalue weighted by molar-refractivity contribution is 0.177. The van der Waals surface area contributed by atoms with E-state index in [-0.39, 0.29) is 6.04 Å². The fourth-order valence-electron chi connectivity index (χ4n) is 3.14. The van der Waals surface area contributed by atoms with Gasteiger partial charge >= 0.3 is 0 Å². The second-order valence-corrected chi connectivity index (χ2v) is 6.31. The average Bonchev–Trinajstić information content (AvgIpc) is 3.38. The van der Waals surface area contributed by atoms with Crippen LogP contribution >= 0.6 is 0 Å². The van der Waals surface area contributed by atoms with E-state index < -0.39 is 0 Å². The van der Waals surface area contributed by atoms with Crippen molar-refractivity contribution in [2.45, 2.75) is 19.1 Å². The van der Waals surface area contributed by atoms with Gasteiger partial charge in [-0.15, -0.1) is 0 Å². The summed E-state index contributed by atoms with van der Waals surface area (Å²) in [6.07, 6.45) is 4.69. The topological polar surface area (TPSA) is 96.8 Å². The number of nitrogens with one attached hydrogen (secondary N) is 2. The van der Waals surface area contributed by atoms with Crippen molar-refractivity contribution in [1.82, 2.24) is 29.7 Å². The predicted molar refractivity (Wildman–Crippen MR) is 97.8 cm³/mol. The van der Waals surface area contributed by atoms with Crippen LogP contribution in [-0.2, 0) is 18.4 Å². The highest BCUT2D eigenvalue weighted by Gasteiger charge is 2.26. The third kappa shape index (κ3) is 3.38. The number of hydrogen-bond donors (Lipinski definition) is 2. The van der Waals surface area contributed by atoms with Crippen LogP contribution in [-0.4, -0.2) is 56.0 Å². The summed E-state index contributed by atoms with van der Waals surface area (Å²) in [5, 5.41) is 7.80. The van der Waals surface area contributed by atoms with E-state index in [1.54, 1.807) is 18.0 Å². The third-order valence-corrected chi connectivity index (χ3v) is 4.40. The first-order valence-electron chi connectivity index (χ1n) is 8.60. The first-order valence-corrected chi connectivity index (χ1v) is 8.60. The van der Waals surface area contributed by atoms with E-state index in [1.807, 2.05) is 31.4 Å². The summed E-state index contributed by atoms with van der Waals surface area (Å²) >= 11 is 0. The van der Waals surface area contributed by atoms with Crippen LogP contribution in [0.15, 0.2) is 30.6 Å². The molecule has 1 atom stereocenters. The highest BCUT2D eigenvalue weighted by atomic mass is 16.5. The van der Waals surface area contributed by atoms with Crippen LogP contribution < -0.4 is 10.2 Å². The third-order valence-electron chi connectivity index (χ3n) is 4.40. The maximum Gasteiger partial charge on any atom is 0.225 e. The van der Waals surface area contributed by atoms with Gasteiger partial charge in [-0.2, -0.15) is 10.1 Å². The summed E-state index contributed by atoms with van der Waals surface area (Å²) in [5.41, 5.74) is 1.89. The second-order valence-electron chi connectivity index (χ2n) is 6.31. The molecule has 1 saturated heterocycles. The SMILES string of the molecule is COCc1nc(NC2CCN(c3nccc(-c4ccc[nH]4)n3)C2)n(C)n1. The number of ether oxygens (including phenoxy) is 1. The Morgan fingerprint density at radius 2 is 2.27 bits per heavy atom. The lowest BCUT2D eigenvalue weighted by Gasteiger charge is -2.17. The van der Waals surface area contributed by atoms with Crippen LogP contribution in [0.1, 0.15) is 12.2 Å². The molecule has 1 aliphatic rings. The van der Waals surface area contributed by atoms with Gasteiger partial charge in [0.1, 0.15) is 6.61 Å². The number of nitrogens with zero attached hydrogens (tertiary/aromatic N) is 6. The summed E-state index contributed by atoms with van der Waals surface area (Å²) in [6, 6.07) is 6.15. The van der Waals surface area contributed by atoms with Gasteiger partial charge in [-0.3, -0.25) is 0 Å². The Balaban J connectivity index is 1.43. The fraction of sp³-hybridized carbons (Fsp3) is 0.412. The van der Waals surface area contributed by atoms with Crippen LogP contribution in [0.5, 0.6) is 0 Å². The molecule has 1 aliphatic heterocycles. The van der Waals surface area contributed by atoms with E-state index in [2.05, 4.69) is 30.3 Å². The van der Waals surface area contributed by atoms with E-state index in [9.17, 15) is 0 Å². The van der Waals surface area contributed by atoms with E-state index in [0.717, 1.165) is 42.8 Å². The Hall–Kier alpha value is -2.94. The number of aromatic amines is 1. The van der Waals surface area contributed by atoms with Crippen LogP contribution in [0.2, 0.25) is 0 Å². The molecule has 9 heteroatoms. The summed E-state index contributed by atoms with van der Waals surface area (Å²) in [6.45, 7) is 2.13. The number of hydrogen-bond acceptors (Lipinski definition) is 7. The molecule has 0 saturated carbocycles. The van der Waals surface area contributed by atoms with Crippen LogP contribution in [0.4, 0.5) is 11.9 Å². The first kappa shape index (κ1) is 16.5. The van der Waals surface area contributed by atoms with Crippen molar-refractivity contribution in [3.8, 4) is 11.4 Å². The Labute approximate surface area is 151 Å². The van der Waals surface area contributed by atoms with Gasteiger partial charge in [-0.25, -0.2) is 14.6 Å². The van der Waals surface area contributed by atoms with Crippen molar-refractivity contribution < 1.29 is 4.74 Å². The summed E-state index contributed by atoms with van der Waals surface area (Å²) < 4.78 is 6.84. The van der Waals surface area contributed by atoms with E-state index in [0.29, 0.717) is 12.4 Å². The minimum Gasteiger partial charge on any atom is -0.377 e. The Bertz CT molecular complexity index is 860. The molecule has 1 fully saturated rings. The summed E-state index contributed by atoms with van der Waals surface area (Å²) in [7, 11) is 3.52.